The summed E-state index contributed by atoms with van der Waals surface area (Å²) in [7, 11) is 3.74. The molecule has 1 aromatic rings. The van der Waals surface area contributed by atoms with Gasteiger partial charge in [-0.1, -0.05) is 43.6 Å². The van der Waals surface area contributed by atoms with Crippen molar-refractivity contribution in [2.45, 2.75) is 39.0 Å². The number of carbonyl (C=O) groups excluding carboxylic acids is 1. The lowest BCUT2D eigenvalue weighted by molar-refractivity contribution is -0.126. The number of nitrogens with zero attached hydrogens (tertiary/aromatic N) is 1. The molecular formula is C15H23BN2O. The van der Waals surface area contributed by atoms with Gasteiger partial charge in [0, 0.05) is 13.5 Å². The molecule has 0 aliphatic heterocycles. The Balaban J connectivity index is 2.70. The number of benzene rings is 1. The molecule has 1 rings (SSSR count). The third-order valence-corrected chi connectivity index (χ3v) is 3.64. The quantitative estimate of drug-likeness (QED) is 0.496. The Bertz CT molecular complexity index is 483. The summed E-state index contributed by atoms with van der Waals surface area (Å²) in [4.78, 5) is 13.3. The molecule has 0 aliphatic rings. The number of carbonyl (C=O) groups is 1. The fourth-order valence-corrected chi connectivity index (χ4v) is 1.98. The monoisotopic (exact) mass is 258 g/mol. The van der Waals surface area contributed by atoms with Crippen LogP contribution in [0.15, 0.2) is 24.3 Å². The molecule has 0 spiro atoms. The van der Waals surface area contributed by atoms with Crippen LogP contribution in [0.1, 0.15) is 39.2 Å². The summed E-state index contributed by atoms with van der Waals surface area (Å²) in [6.45, 7) is 5.95. The minimum absolute atomic E-state index is 0.00762. The van der Waals surface area contributed by atoms with E-state index in [2.05, 4.69) is 46.0 Å². The molecule has 0 bridgehead atoms. The molecule has 0 aromatic heterocycles. The molecule has 0 radical (unpaired) electrons. The first-order valence-electron chi connectivity index (χ1n) is 6.63. The summed E-state index contributed by atoms with van der Waals surface area (Å²) in [5.74, 6) is 0.298. The Morgan fingerprint density at radius 3 is 2.58 bits per heavy atom. The first-order valence-corrected chi connectivity index (χ1v) is 6.63. The Kier molecular flexibility index (Phi) is 4.93. The molecule has 0 unspecified atom stereocenters. The van der Waals surface area contributed by atoms with Crippen LogP contribution in [0.5, 0.6) is 0 Å². The third kappa shape index (κ3) is 4.23. The van der Waals surface area contributed by atoms with Crippen LogP contribution in [-0.2, 0) is 10.2 Å². The molecule has 1 N–H and O–H groups in total. The maximum absolute atomic E-state index is 11.9. The maximum atomic E-state index is 11.9. The van der Waals surface area contributed by atoms with Gasteiger partial charge >= 0.3 is 0 Å². The van der Waals surface area contributed by atoms with Crippen molar-refractivity contribution in [2.75, 3.05) is 7.05 Å². The second-order valence-corrected chi connectivity index (χ2v) is 5.79. The maximum Gasteiger partial charge on any atom is 0.227 e. The van der Waals surface area contributed by atoms with Crippen molar-refractivity contribution >= 4 is 25.1 Å². The summed E-state index contributed by atoms with van der Waals surface area (Å²) in [5, 5.41) is 7.46. The van der Waals surface area contributed by atoms with Crippen LogP contribution in [0, 0.1) is 5.41 Å². The largest absolute Gasteiger partial charge is 0.304 e. The highest BCUT2D eigenvalue weighted by Gasteiger charge is 2.23. The normalized spacial score (nSPS) is 11.2. The van der Waals surface area contributed by atoms with Gasteiger partial charge < -0.3 is 4.90 Å². The average Bonchev–Trinajstić information content (AvgIpc) is 2.35. The highest BCUT2D eigenvalue weighted by molar-refractivity contribution is 6.32. The predicted octanol–water partition coefficient (Wildman–Crippen LogP) is 1.46. The molecule has 0 saturated heterocycles. The molecule has 19 heavy (non-hydrogen) atoms. The van der Waals surface area contributed by atoms with Crippen molar-refractivity contribution < 1.29 is 4.79 Å². The van der Waals surface area contributed by atoms with E-state index in [9.17, 15) is 4.79 Å². The number of amides is 1. The smallest absolute Gasteiger partial charge is 0.227 e. The van der Waals surface area contributed by atoms with Crippen molar-refractivity contribution in [3.05, 3.63) is 29.8 Å². The van der Waals surface area contributed by atoms with E-state index in [1.807, 2.05) is 0 Å². The summed E-state index contributed by atoms with van der Waals surface area (Å²) in [5.41, 5.74) is 2.47. The molecule has 0 fully saturated rings. The Hall–Kier alpha value is -1.58. The van der Waals surface area contributed by atoms with E-state index in [0.29, 0.717) is 12.3 Å². The molecule has 4 heteroatoms. The van der Waals surface area contributed by atoms with E-state index in [-0.39, 0.29) is 11.3 Å². The van der Waals surface area contributed by atoms with Crippen LogP contribution in [-0.4, -0.2) is 31.5 Å². The molecule has 1 aromatic carbocycles. The molecular weight excluding hydrogens is 235 g/mol. The fourth-order valence-electron chi connectivity index (χ4n) is 1.98. The molecule has 1 amide bonds. The van der Waals surface area contributed by atoms with Crippen molar-refractivity contribution in [3.8, 4) is 0 Å². The van der Waals surface area contributed by atoms with Gasteiger partial charge in [-0.2, -0.15) is 0 Å². The van der Waals surface area contributed by atoms with Crippen molar-refractivity contribution in [1.29, 1.82) is 5.41 Å². The summed E-state index contributed by atoms with van der Waals surface area (Å²) in [6.07, 6.45) is 1.25. The first kappa shape index (κ1) is 15.5. The molecule has 3 nitrogen and oxygen atoms in total. The first-order chi connectivity index (χ1) is 8.74. The van der Waals surface area contributed by atoms with Crippen molar-refractivity contribution in [3.63, 3.8) is 0 Å². The van der Waals surface area contributed by atoms with E-state index in [1.165, 1.54) is 15.9 Å². The molecule has 0 saturated carbocycles. The molecule has 102 valence electrons. The second-order valence-electron chi connectivity index (χ2n) is 5.79. The number of amidine groups is 1. The lowest BCUT2D eigenvalue weighted by Gasteiger charge is -2.26. The summed E-state index contributed by atoms with van der Waals surface area (Å²) < 4.78 is 0. The molecule has 0 heterocycles. The van der Waals surface area contributed by atoms with E-state index in [4.69, 9.17) is 5.41 Å². The number of nitrogens with one attached hydrogen (secondary N) is 1. The minimum atomic E-state index is -0.0293. The number of hydrogen-bond acceptors (Lipinski definition) is 2. The third-order valence-electron chi connectivity index (χ3n) is 3.64. The topological polar surface area (TPSA) is 44.2 Å². The lowest BCUT2D eigenvalue weighted by atomic mass is 9.78. The van der Waals surface area contributed by atoms with Gasteiger partial charge in [-0.25, -0.2) is 0 Å². The zero-order chi connectivity index (χ0) is 14.6. The van der Waals surface area contributed by atoms with E-state index >= 15 is 0 Å². The van der Waals surface area contributed by atoms with Gasteiger partial charge in [-0.05, 0) is 24.3 Å². The minimum Gasteiger partial charge on any atom is -0.304 e. The Labute approximate surface area is 116 Å². The summed E-state index contributed by atoms with van der Waals surface area (Å²) in [6, 6.07) is 8.43. The fraction of sp³-hybridized carbons (Fsp3) is 0.467. The zero-order valence-electron chi connectivity index (χ0n) is 12.6. The number of rotatable bonds is 4. The highest BCUT2D eigenvalue weighted by atomic mass is 16.2. The van der Waals surface area contributed by atoms with Crippen LogP contribution in [0.3, 0.4) is 0 Å². The summed E-state index contributed by atoms with van der Waals surface area (Å²) >= 11 is 0. The van der Waals surface area contributed by atoms with E-state index < -0.39 is 0 Å². The Morgan fingerprint density at radius 1 is 1.42 bits per heavy atom. The van der Waals surface area contributed by atoms with Gasteiger partial charge in [0.1, 0.15) is 7.85 Å². The van der Waals surface area contributed by atoms with Gasteiger partial charge in [-0.15, -0.1) is 0 Å². The number of hydrogen-bond donors (Lipinski definition) is 1. The van der Waals surface area contributed by atoms with Crippen LogP contribution < -0.4 is 5.46 Å². The average molecular weight is 258 g/mol. The van der Waals surface area contributed by atoms with Gasteiger partial charge in [-0.3, -0.25) is 10.2 Å². The van der Waals surface area contributed by atoms with Crippen LogP contribution in [0.4, 0.5) is 0 Å². The highest BCUT2D eigenvalue weighted by Crippen LogP contribution is 2.27. The van der Waals surface area contributed by atoms with Gasteiger partial charge in [0.05, 0.1) is 5.84 Å². The van der Waals surface area contributed by atoms with Crippen LogP contribution in [0.2, 0.25) is 0 Å². The van der Waals surface area contributed by atoms with Gasteiger partial charge in [0.2, 0.25) is 5.91 Å². The Morgan fingerprint density at radius 2 is 2.05 bits per heavy atom. The predicted molar refractivity (Wildman–Crippen MR) is 83.1 cm³/mol. The van der Waals surface area contributed by atoms with E-state index in [0.717, 1.165) is 6.42 Å². The SMILES string of the molecule is Bc1cccc(C(C)(C)CCC(=O)N(C)C(C)=N)c1. The van der Waals surface area contributed by atoms with E-state index in [1.54, 1.807) is 14.0 Å². The standard InChI is InChI=1S/C15H23BN2O/c1-11(17)18(4)14(19)8-9-15(2,3)12-6-5-7-13(16)10-12/h5-7,10,17H,8-9,16H2,1-4H3. The molecule has 0 atom stereocenters. The lowest BCUT2D eigenvalue weighted by Crippen LogP contribution is -2.32. The van der Waals surface area contributed by atoms with Gasteiger partial charge in [0.25, 0.3) is 0 Å². The van der Waals surface area contributed by atoms with Crippen LogP contribution in [0.25, 0.3) is 0 Å². The van der Waals surface area contributed by atoms with Gasteiger partial charge in [0.15, 0.2) is 0 Å². The zero-order valence-corrected chi connectivity index (χ0v) is 12.6. The van der Waals surface area contributed by atoms with Crippen molar-refractivity contribution in [2.24, 2.45) is 0 Å². The van der Waals surface area contributed by atoms with Crippen LogP contribution >= 0.6 is 0 Å². The second kappa shape index (κ2) is 6.05. The van der Waals surface area contributed by atoms with Crippen molar-refractivity contribution in [1.82, 2.24) is 4.90 Å². The molecule has 0 aliphatic carbocycles.